The first-order valence-corrected chi connectivity index (χ1v) is 4.91. The van der Waals surface area contributed by atoms with Crippen molar-refractivity contribution in [2.45, 2.75) is 46.5 Å². The summed E-state index contributed by atoms with van der Waals surface area (Å²) in [6.45, 7) is 6.44. The summed E-state index contributed by atoms with van der Waals surface area (Å²) < 4.78 is 0. The third-order valence-corrected chi connectivity index (χ3v) is 1.76. The van der Waals surface area contributed by atoms with Gasteiger partial charge in [0.25, 0.3) is 0 Å². The molecule has 0 unspecified atom stereocenters. The van der Waals surface area contributed by atoms with Gasteiger partial charge < -0.3 is 5.73 Å². The number of rotatable bonds is 5. The highest BCUT2D eigenvalue weighted by Gasteiger charge is 1.97. The van der Waals surface area contributed by atoms with Crippen LogP contribution in [-0.2, 0) is 0 Å². The summed E-state index contributed by atoms with van der Waals surface area (Å²) in [4.78, 5) is 0. The molecule has 0 saturated carbocycles. The molecule has 0 aliphatic heterocycles. The van der Waals surface area contributed by atoms with Gasteiger partial charge in [-0.25, -0.2) is 0 Å². The summed E-state index contributed by atoms with van der Waals surface area (Å²) in [5, 5.41) is 0. The first-order valence-electron chi connectivity index (χ1n) is 4.91. The van der Waals surface area contributed by atoms with Crippen LogP contribution in [0.4, 0.5) is 0 Å². The van der Waals surface area contributed by atoms with E-state index in [9.17, 15) is 0 Å². The predicted molar refractivity (Wildman–Crippen MR) is 55.8 cm³/mol. The maximum Gasteiger partial charge on any atom is 0.0302 e. The van der Waals surface area contributed by atoms with Crippen molar-refractivity contribution in [3.63, 3.8) is 0 Å². The maximum absolute atomic E-state index is 5.89. The fourth-order valence-electron chi connectivity index (χ4n) is 1.23. The van der Waals surface area contributed by atoms with Gasteiger partial charge in [0.15, 0.2) is 0 Å². The summed E-state index contributed by atoms with van der Waals surface area (Å²) in [5.41, 5.74) is 8.19. The van der Waals surface area contributed by atoms with Crippen LogP contribution >= 0.6 is 0 Å². The Labute approximate surface area is 76.3 Å². The van der Waals surface area contributed by atoms with Crippen LogP contribution in [0, 0.1) is 0 Å². The highest BCUT2D eigenvalue weighted by molar-refractivity contribution is 5.27. The Hall–Kier alpha value is -0.720. The first-order chi connectivity index (χ1) is 5.76. The van der Waals surface area contributed by atoms with E-state index in [2.05, 4.69) is 32.9 Å². The quantitative estimate of drug-likeness (QED) is 0.624. The second-order valence-corrected chi connectivity index (χ2v) is 2.96. The number of hydrogen-bond acceptors (Lipinski definition) is 1. The van der Waals surface area contributed by atoms with Crippen LogP contribution in [0.25, 0.3) is 0 Å². The summed E-state index contributed by atoms with van der Waals surface area (Å²) >= 11 is 0. The predicted octanol–water partition coefficient (Wildman–Crippen LogP) is 3.38. The van der Waals surface area contributed by atoms with Crippen LogP contribution in [0.15, 0.2) is 23.4 Å². The van der Waals surface area contributed by atoms with Crippen LogP contribution in [0.2, 0.25) is 0 Å². The SMILES string of the molecule is CCC=C(N)C(=CCC)CCC. The van der Waals surface area contributed by atoms with Crippen molar-refractivity contribution in [1.82, 2.24) is 0 Å². The van der Waals surface area contributed by atoms with E-state index in [1.807, 2.05) is 0 Å². The lowest BCUT2D eigenvalue weighted by Gasteiger charge is -2.05. The molecule has 0 heterocycles. The minimum Gasteiger partial charge on any atom is -0.399 e. The van der Waals surface area contributed by atoms with Crippen LogP contribution in [0.3, 0.4) is 0 Å². The molecule has 70 valence electrons. The topological polar surface area (TPSA) is 26.0 Å². The molecule has 0 aliphatic carbocycles. The average molecular weight is 167 g/mol. The molecular formula is C11H21N. The lowest BCUT2D eigenvalue weighted by Crippen LogP contribution is -2.01. The molecule has 2 N–H and O–H groups in total. The van der Waals surface area contributed by atoms with E-state index in [4.69, 9.17) is 5.73 Å². The summed E-state index contributed by atoms with van der Waals surface area (Å²) in [6.07, 6.45) is 8.70. The average Bonchev–Trinajstić information content (AvgIpc) is 2.04. The van der Waals surface area contributed by atoms with Crippen molar-refractivity contribution in [2.24, 2.45) is 5.73 Å². The van der Waals surface area contributed by atoms with Crippen LogP contribution in [-0.4, -0.2) is 0 Å². The molecule has 12 heavy (non-hydrogen) atoms. The van der Waals surface area contributed by atoms with Crippen LogP contribution in [0.1, 0.15) is 46.5 Å². The van der Waals surface area contributed by atoms with Gasteiger partial charge in [0.2, 0.25) is 0 Å². The molecule has 0 bridgehead atoms. The van der Waals surface area contributed by atoms with E-state index >= 15 is 0 Å². The minimum atomic E-state index is 0.973. The Morgan fingerprint density at radius 2 is 1.67 bits per heavy atom. The van der Waals surface area contributed by atoms with E-state index in [0.717, 1.165) is 25.0 Å². The van der Waals surface area contributed by atoms with Gasteiger partial charge in [-0.3, -0.25) is 0 Å². The Morgan fingerprint density at radius 1 is 1.08 bits per heavy atom. The standard InChI is InChI=1S/C11H21N/c1-4-7-10(8-5-2)11(12)9-6-3/h7,9H,4-6,8,12H2,1-3H3. The molecule has 0 amide bonds. The lowest BCUT2D eigenvalue weighted by atomic mass is 10.1. The Bertz CT molecular complexity index is 166. The number of hydrogen-bond donors (Lipinski definition) is 1. The molecule has 1 heteroatoms. The molecule has 0 radical (unpaired) electrons. The zero-order chi connectivity index (χ0) is 9.40. The van der Waals surface area contributed by atoms with E-state index < -0.39 is 0 Å². The van der Waals surface area contributed by atoms with Gasteiger partial charge >= 0.3 is 0 Å². The zero-order valence-electron chi connectivity index (χ0n) is 8.56. The molecule has 0 aliphatic rings. The van der Waals surface area contributed by atoms with Gasteiger partial charge in [-0.1, -0.05) is 39.3 Å². The first kappa shape index (κ1) is 11.3. The second-order valence-electron chi connectivity index (χ2n) is 2.96. The second kappa shape index (κ2) is 6.96. The minimum absolute atomic E-state index is 0.973. The van der Waals surface area contributed by atoms with Crippen molar-refractivity contribution in [3.05, 3.63) is 23.4 Å². The molecule has 0 spiro atoms. The van der Waals surface area contributed by atoms with E-state index in [-0.39, 0.29) is 0 Å². The number of allylic oxidation sites excluding steroid dienone is 3. The third-order valence-electron chi connectivity index (χ3n) is 1.76. The van der Waals surface area contributed by atoms with Crippen molar-refractivity contribution >= 4 is 0 Å². The molecule has 0 atom stereocenters. The molecule has 0 saturated heterocycles. The Morgan fingerprint density at radius 3 is 2.08 bits per heavy atom. The van der Waals surface area contributed by atoms with Gasteiger partial charge in [-0.05, 0) is 24.8 Å². The summed E-state index contributed by atoms with van der Waals surface area (Å²) in [6, 6.07) is 0. The van der Waals surface area contributed by atoms with E-state index in [1.54, 1.807) is 0 Å². The largest absolute Gasteiger partial charge is 0.399 e. The molecule has 0 rings (SSSR count). The van der Waals surface area contributed by atoms with Crippen molar-refractivity contribution in [1.29, 1.82) is 0 Å². The van der Waals surface area contributed by atoms with Crippen LogP contribution < -0.4 is 5.73 Å². The van der Waals surface area contributed by atoms with E-state index in [0.29, 0.717) is 0 Å². The summed E-state index contributed by atoms with van der Waals surface area (Å²) in [5.74, 6) is 0. The van der Waals surface area contributed by atoms with Gasteiger partial charge in [0.05, 0.1) is 0 Å². The molecule has 0 aromatic heterocycles. The fraction of sp³-hybridized carbons (Fsp3) is 0.636. The van der Waals surface area contributed by atoms with Crippen LogP contribution in [0.5, 0.6) is 0 Å². The highest BCUT2D eigenvalue weighted by atomic mass is 14.6. The molecule has 0 aromatic carbocycles. The normalized spacial score (nSPS) is 13.6. The monoisotopic (exact) mass is 167 g/mol. The van der Waals surface area contributed by atoms with Crippen molar-refractivity contribution in [3.8, 4) is 0 Å². The molecular weight excluding hydrogens is 146 g/mol. The highest BCUT2D eigenvalue weighted by Crippen LogP contribution is 2.12. The molecule has 0 fully saturated rings. The smallest absolute Gasteiger partial charge is 0.0302 e. The van der Waals surface area contributed by atoms with Gasteiger partial charge in [0, 0.05) is 5.70 Å². The summed E-state index contributed by atoms with van der Waals surface area (Å²) in [7, 11) is 0. The maximum atomic E-state index is 5.89. The Kier molecular flexibility index (Phi) is 6.54. The van der Waals surface area contributed by atoms with E-state index in [1.165, 1.54) is 12.0 Å². The zero-order valence-corrected chi connectivity index (χ0v) is 8.56. The Balaban J connectivity index is 4.29. The van der Waals surface area contributed by atoms with Gasteiger partial charge in [0.1, 0.15) is 0 Å². The molecule has 1 nitrogen and oxygen atoms in total. The van der Waals surface area contributed by atoms with Crippen molar-refractivity contribution < 1.29 is 0 Å². The molecule has 0 aromatic rings. The van der Waals surface area contributed by atoms with Gasteiger partial charge in [-0.15, -0.1) is 0 Å². The fourth-order valence-corrected chi connectivity index (χ4v) is 1.23. The van der Waals surface area contributed by atoms with Gasteiger partial charge in [-0.2, -0.15) is 0 Å². The van der Waals surface area contributed by atoms with Crippen molar-refractivity contribution in [2.75, 3.05) is 0 Å². The lowest BCUT2D eigenvalue weighted by molar-refractivity contribution is 0.894. The third kappa shape index (κ3) is 4.22. The number of nitrogens with two attached hydrogens (primary N) is 1.